The number of rotatable bonds is 5. The minimum Gasteiger partial charge on any atom is -0.355 e. The Hall–Kier alpha value is -1.55. The van der Waals surface area contributed by atoms with Gasteiger partial charge in [0, 0.05) is 24.2 Å². The maximum absolute atomic E-state index is 11.7. The van der Waals surface area contributed by atoms with Gasteiger partial charge in [-0.05, 0) is 37.1 Å². The fourth-order valence-electron chi connectivity index (χ4n) is 1.75. The Morgan fingerprint density at radius 2 is 2.05 bits per heavy atom. The lowest BCUT2D eigenvalue weighted by Crippen LogP contribution is -2.40. The van der Waals surface area contributed by atoms with Crippen molar-refractivity contribution in [3.8, 4) is 0 Å². The predicted molar refractivity (Wildman–Crippen MR) is 77.5 cm³/mol. The van der Waals surface area contributed by atoms with E-state index in [1.807, 2.05) is 13.8 Å². The number of nitrogens with one attached hydrogen (secondary N) is 1. The average molecular weight is 283 g/mol. The molecular formula is C14H19ClN2O2. The van der Waals surface area contributed by atoms with E-state index in [1.54, 1.807) is 18.2 Å². The summed E-state index contributed by atoms with van der Waals surface area (Å²) in [6.07, 6.45) is 0.867. The zero-order valence-electron chi connectivity index (χ0n) is 11.5. The van der Waals surface area contributed by atoms with Crippen LogP contribution < -0.4 is 10.2 Å². The van der Waals surface area contributed by atoms with Crippen molar-refractivity contribution in [2.45, 2.75) is 27.2 Å². The third-order valence-electron chi connectivity index (χ3n) is 2.70. The Labute approximate surface area is 118 Å². The van der Waals surface area contributed by atoms with Crippen LogP contribution >= 0.6 is 11.6 Å². The minimum absolute atomic E-state index is 0.0256. The van der Waals surface area contributed by atoms with E-state index >= 15 is 0 Å². The number of halogens is 1. The van der Waals surface area contributed by atoms with E-state index in [-0.39, 0.29) is 18.4 Å². The van der Waals surface area contributed by atoms with Crippen molar-refractivity contribution in [3.05, 3.63) is 28.8 Å². The van der Waals surface area contributed by atoms with Crippen LogP contribution in [0.25, 0.3) is 0 Å². The molecule has 0 aliphatic rings. The largest absolute Gasteiger partial charge is 0.355 e. The molecule has 1 rings (SSSR count). The number of hydrogen-bond acceptors (Lipinski definition) is 2. The highest BCUT2D eigenvalue weighted by Gasteiger charge is 2.17. The SMILES string of the molecule is CCCNC(=O)CN(C(C)=O)c1ccc(Cl)cc1C. The van der Waals surface area contributed by atoms with Crippen LogP contribution in [0.1, 0.15) is 25.8 Å². The molecule has 0 fully saturated rings. The first-order chi connectivity index (χ1) is 8.95. The molecule has 2 amide bonds. The van der Waals surface area contributed by atoms with Crippen molar-refractivity contribution in [1.82, 2.24) is 5.32 Å². The zero-order chi connectivity index (χ0) is 14.4. The molecule has 1 N–H and O–H groups in total. The fraction of sp³-hybridized carbons (Fsp3) is 0.429. The molecule has 0 aromatic heterocycles. The number of aryl methyl sites for hydroxylation is 1. The molecule has 5 heteroatoms. The molecule has 0 saturated carbocycles. The highest BCUT2D eigenvalue weighted by atomic mass is 35.5. The summed E-state index contributed by atoms with van der Waals surface area (Å²) in [7, 11) is 0. The van der Waals surface area contributed by atoms with Gasteiger partial charge in [-0.3, -0.25) is 9.59 Å². The van der Waals surface area contributed by atoms with Gasteiger partial charge in [0.05, 0.1) is 0 Å². The second-order valence-electron chi connectivity index (χ2n) is 4.39. The van der Waals surface area contributed by atoms with Gasteiger partial charge >= 0.3 is 0 Å². The molecule has 0 radical (unpaired) electrons. The van der Waals surface area contributed by atoms with Crippen molar-refractivity contribution >= 4 is 29.1 Å². The smallest absolute Gasteiger partial charge is 0.240 e. The Bertz CT molecular complexity index is 475. The summed E-state index contributed by atoms with van der Waals surface area (Å²) in [4.78, 5) is 24.9. The van der Waals surface area contributed by atoms with Gasteiger partial charge in [-0.1, -0.05) is 18.5 Å². The molecule has 0 heterocycles. The van der Waals surface area contributed by atoms with Crippen LogP contribution in [0.2, 0.25) is 5.02 Å². The summed E-state index contributed by atoms with van der Waals surface area (Å²) in [5.74, 6) is -0.330. The first kappa shape index (κ1) is 15.5. The highest BCUT2D eigenvalue weighted by molar-refractivity contribution is 6.30. The molecule has 19 heavy (non-hydrogen) atoms. The average Bonchev–Trinajstić information content (AvgIpc) is 2.34. The first-order valence-corrected chi connectivity index (χ1v) is 6.64. The Morgan fingerprint density at radius 3 is 2.58 bits per heavy atom. The van der Waals surface area contributed by atoms with Gasteiger partial charge in [-0.15, -0.1) is 0 Å². The molecule has 0 aliphatic carbocycles. The van der Waals surface area contributed by atoms with E-state index in [4.69, 9.17) is 11.6 Å². The van der Waals surface area contributed by atoms with Gasteiger partial charge in [-0.2, -0.15) is 0 Å². The molecule has 0 saturated heterocycles. The van der Waals surface area contributed by atoms with E-state index in [0.717, 1.165) is 12.0 Å². The summed E-state index contributed by atoms with van der Waals surface area (Å²) >= 11 is 5.89. The Kier molecular flexibility index (Phi) is 5.83. The maximum atomic E-state index is 11.7. The third kappa shape index (κ3) is 4.56. The Balaban J connectivity index is 2.88. The summed E-state index contributed by atoms with van der Waals surface area (Å²) in [6, 6.07) is 5.24. The lowest BCUT2D eigenvalue weighted by atomic mass is 10.1. The number of anilines is 1. The van der Waals surface area contributed by atoms with Crippen LogP contribution in [0.3, 0.4) is 0 Å². The zero-order valence-corrected chi connectivity index (χ0v) is 12.3. The quantitative estimate of drug-likeness (QED) is 0.902. The van der Waals surface area contributed by atoms with Gasteiger partial charge in [0.15, 0.2) is 0 Å². The molecule has 0 spiro atoms. The van der Waals surface area contributed by atoms with Crippen LogP contribution in [0.15, 0.2) is 18.2 Å². The van der Waals surface area contributed by atoms with Gasteiger partial charge < -0.3 is 10.2 Å². The molecule has 1 aromatic rings. The van der Waals surface area contributed by atoms with Crippen molar-refractivity contribution in [3.63, 3.8) is 0 Å². The molecule has 104 valence electrons. The van der Waals surface area contributed by atoms with Crippen molar-refractivity contribution in [2.24, 2.45) is 0 Å². The second-order valence-corrected chi connectivity index (χ2v) is 4.82. The van der Waals surface area contributed by atoms with Crippen LogP contribution in [-0.4, -0.2) is 24.9 Å². The monoisotopic (exact) mass is 282 g/mol. The van der Waals surface area contributed by atoms with E-state index < -0.39 is 0 Å². The molecule has 0 aliphatic heterocycles. The number of hydrogen-bond donors (Lipinski definition) is 1. The van der Waals surface area contributed by atoms with E-state index in [1.165, 1.54) is 11.8 Å². The van der Waals surface area contributed by atoms with Gasteiger partial charge in [0.25, 0.3) is 0 Å². The topological polar surface area (TPSA) is 49.4 Å². The lowest BCUT2D eigenvalue weighted by molar-refractivity contribution is -0.123. The van der Waals surface area contributed by atoms with Crippen LogP contribution in [0.5, 0.6) is 0 Å². The van der Waals surface area contributed by atoms with Crippen LogP contribution in [0.4, 0.5) is 5.69 Å². The van der Waals surface area contributed by atoms with E-state index in [0.29, 0.717) is 17.3 Å². The molecular weight excluding hydrogens is 264 g/mol. The molecule has 0 bridgehead atoms. The second kappa shape index (κ2) is 7.14. The Morgan fingerprint density at radius 1 is 1.37 bits per heavy atom. The number of nitrogens with zero attached hydrogens (tertiary/aromatic N) is 1. The first-order valence-electron chi connectivity index (χ1n) is 6.26. The van der Waals surface area contributed by atoms with E-state index in [2.05, 4.69) is 5.32 Å². The van der Waals surface area contributed by atoms with Crippen molar-refractivity contribution in [1.29, 1.82) is 0 Å². The normalized spacial score (nSPS) is 10.1. The number of carbonyl (C=O) groups excluding carboxylic acids is 2. The molecule has 1 aromatic carbocycles. The van der Waals surface area contributed by atoms with Crippen molar-refractivity contribution < 1.29 is 9.59 Å². The molecule has 0 unspecified atom stereocenters. The summed E-state index contributed by atoms with van der Waals surface area (Å²) in [5.41, 5.74) is 1.58. The highest BCUT2D eigenvalue weighted by Crippen LogP contribution is 2.23. The van der Waals surface area contributed by atoms with Crippen molar-refractivity contribution in [2.75, 3.05) is 18.0 Å². The summed E-state index contributed by atoms with van der Waals surface area (Å²) in [5, 5.41) is 3.37. The predicted octanol–water partition coefficient (Wildman–Crippen LogP) is 2.53. The van der Waals surface area contributed by atoms with E-state index in [9.17, 15) is 9.59 Å². The number of amides is 2. The molecule has 4 nitrogen and oxygen atoms in total. The van der Waals surface area contributed by atoms with Gasteiger partial charge in [0.1, 0.15) is 6.54 Å². The summed E-state index contributed by atoms with van der Waals surface area (Å²) in [6.45, 7) is 5.93. The maximum Gasteiger partial charge on any atom is 0.240 e. The number of carbonyl (C=O) groups is 2. The van der Waals surface area contributed by atoms with Gasteiger partial charge in [0.2, 0.25) is 11.8 Å². The standard InChI is InChI=1S/C14H19ClN2O2/c1-4-7-16-14(19)9-17(11(3)18)13-6-5-12(15)8-10(13)2/h5-6,8H,4,7,9H2,1-3H3,(H,16,19). The van der Waals surface area contributed by atoms with Crippen LogP contribution in [-0.2, 0) is 9.59 Å². The van der Waals surface area contributed by atoms with Gasteiger partial charge in [-0.25, -0.2) is 0 Å². The summed E-state index contributed by atoms with van der Waals surface area (Å²) < 4.78 is 0. The third-order valence-corrected chi connectivity index (χ3v) is 2.94. The van der Waals surface area contributed by atoms with Crippen LogP contribution in [0, 0.1) is 6.92 Å². The fourth-order valence-corrected chi connectivity index (χ4v) is 1.98. The minimum atomic E-state index is -0.169. The lowest BCUT2D eigenvalue weighted by Gasteiger charge is -2.22. The number of benzene rings is 1. The molecule has 0 atom stereocenters.